The van der Waals surface area contributed by atoms with Gasteiger partial charge in [-0.1, -0.05) is 37.1 Å². The fourth-order valence-electron chi connectivity index (χ4n) is 5.15. The van der Waals surface area contributed by atoms with Crippen LogP contribution in [-0.2, 0) is 54.5 Å². The number of pyridine rings is 2. The third-order valence-corrected chi connectivity index (χ3v) is 7.66. The third-order valence-electron chi connectivity index (χ3n) is 7.66. The molecule has 6 heterocycles. The van der Waals surface area contributed by atoms with Gasteiger partial charge in [-0.05, 0) is 52.2 Å². The van der Waals surface area contributed by atoms with Crippen molar-refractivity contribution < 1.29 is 68.5 Å². The molecule has 0 atom stereocenters. The van der Waals surface area contributed by atoms with Crippen molar-refractivity contribution in [2.24, 2.45) is 0 Å². The Bertz CT molecular complexity index is 1940. The van der Waals surface area contributed by atoms with E-state index in [1.165, 1.54) is 12.1 Å². The number of rotatable bonds is 2. The summed E-state index contributed by atoms with van der Waals surface area (Å²) in [6.07, 6.45) is -5.42. The van der Waals surface area contributed by atoms with Gasteiger partial charge in [-0.2, -0.15) is 76.1 Å². The molecule has 0 unspecified atom stereocenters. The Morgan fingerprint density at radius 2 is 0.964 bits per heavy atom. The van der Waals surface area contributed by atoms with Crippen molar-refractivity contribution >= 4 is 34.4 Å². The Morgan fingerprint density at radius 1 is 0.589 bits per heavy atom. The van der Waals surface area contributed by atoms with Gasteiger partial charge in [0, 0.05) is 77.3 Å². The standard InChI is InChI=1S/2C14H10F3N3.2C5H7N2.2Pt/c2*1-19-9-20(13-12(19)3-2-8-18-13)11-6-4-10(5-7-11)14(15,16)17;2*1-4-3-5(2)7-6-4;;/h2*2-6,8-9H,1H3;2*3H,1-2H3;;/q2*-2;2*-1;;. The fourth-order valence-corrected chi connectivity index (χ4v) is 5.15. The molecule has 0 saturated carbocycles. The summed E-state index contributed by atoms with van der Waals surface area (Å²) in [7, 11) is 3.70. The van der Waals surface area contributed by atoms with Crippen molar-refractivity contribution in [2.75, 3.05) is 33.7 Å². The molecule has 2 aromatic carbocycles. The molecule has 0 N–H and O–H groups in total. The van der Waals surface area contributed by atoms with E-state index in [-0.39, 0.29) is 42.1 Å². The average Bonchev–Trinajstić information content (AvgIpc) is 3.90. The first kappa shape index (κ1) is 45.7. The summed E-state index contributed by atoms with van der Waals surface area (Å²) in [5.41, 5.74) is 5.38. The van der Waals surface area contributed by atoms with Crippen molar-refractivity contribution in [3.8, 4) is 0 Å². The van der Waals surface area contributed by atoms with Crippen LogP contribution in [0.3, 0.4) is 0 Å². The molecule has 0 saturated heterocycles. The Morgan fingerprint density at radius 3 is 1.21 bits per heavy atom. The van der Waals surface area contributed by atoms with Gasteiger partial charge in [-0.3, -0.25) is 0 Å². The number of fused-ring (bicyclic) bond motifs is 2. The number of aryl methyl sites for hydroxylation is 4. The molecule has 56 heavy (non-hydrogen) atoms. The van der Waals surface area contributed by atoms with E-state index in [1.54, 1.807) is 35.5 Å². The zero-order chi connectivity index (χ0) is 39.2. The van der Waals surface area contributed by atoms with Crippen molar-refractivity contribution in [3.63, 3.8) is 0 Å². The Hall–Kier alpha value is -4.68. The van der Waals surface area contributed by atoms with Crippen LogP contribution in [0.1, 0.15) is 33.9 Å². The van der Waals surface area contributed by atoms with Crippen molar-refractivity contribution in [2.45, 2.75) is 40.0 Å². The van der Waals surface area contributed by atoms with E-state index in [4.69, 9.17) is 0 Å². The second-order valence-electron chi connectivity index (χ2n) is 12.1. The molecule has 304 valence electrons. The van der Waals surface area contributed by atoms with Gasteiger partial charge in [0.25, 0.3) is 0 Å². The van der Waals surface area contributed by atoms with Gasteiger partial charge >= 0.3 is 12.4 Å². The predicted molar refractivity (Wildman–Crippen MR) is 193 cm³/mol. The third kappa shape index (κ3) is 11.7. The van der Waals surface area contributed by atoms with E-state index < -0.39 is 23.5 Å². The summed E-state index contributed by atoms with van der Waals surface area (Å²) in [6.45, 7) is 11.2. The van der Waals surface area contributed by atoms with E-state index in [1.807, 2.05) is 88.0 Å². The number of alkyl halides is 6. The van der Waals surface area contributed by atoms with Crippen LogP contribution in [0.4, 0.5) is 60.7 Å². The Labute approximate surface area is 349 Å². The number of nitrogens with zero attached hydrogens (tertiary/aromatic N) is 10. The van der Waals surface area contributed by atoms with Crippen LogP contribution < -0.4 is 29.8 Å². The predicted octanol–water partition coefficient (Wildman–Crippen LogP) is 8.52. The zero-order valence-corrected chi connectivity index (χ0v) is 35.2. The van der Waals surface area contributed by atoms with Crippen LogP contribution in [0.5, 0.6) is 0 Å². The first-order chi connectivity index (χ1) is 25.5. The molecular formula is C38H34F6N10Pt2-6. The first-order valence-corrected chi connectivity index (χ1v) is 16.2. The van der Waals surface area contributed by atoms with Crippen LogP contribution >= 0.6 is 0 Å². The van der Waals surface area contributed by atoms with Crippen LogP contribution in [0.2, 0.25) is 0 Å². The van der Waals surface area contributed by atoms with Gasteiger partial charge in [0.2, 0.25) is 0 Å². The van der Waals surface area contributed by atoms with E-state index >= 15 is 0 Å². The maximum absolute atomic E-state index is 12.5. The monoisotopic (exact) mass is 1130 g/mol. The second kappa shape index (κ2) is 19.5. The molecule has 0 bridgehead atoms. The summed E-state index contributed by atoms with van der Waals surface area (Å²) in [6, 6.07) is 23.4. The van der Waals surface area contributed by atoms with E-state index in [9.17, 15) is 26.3 Å². The quantitative estimate of drug-likeness (QED) is 0.124. The van der Waals surface area contributed by atoms with Gasteiger partial charge in [-0.15, -0.1) is 34.9 Å². The number of anilines is 6. The summed E-state index contributed by atoms with van der Waals surface area (Å²) in [5, 5.41) is 15.1. The van der Waals surface area contributed by atoms with Gasteiger partial charge in [0.15, 0.2) is 0 Å². The molecule has 0 aliphatic carbocycles. The number of benzene rings is 2. The van der Waals surface area contributed by atoms with E-state index in [2.05, 4.69) is 42.5 Å². The second-order valence-corrected chi connectivity index (χ2v) is 12.1. The maximum atomic E-state index is 12.5. The largest absolute Gasteiger partial charge is 0.579 e. The van der Waals surface area contributed by atoms with Crippen molar-refractivity contribution in [1.82, 2.24) is 30.4 Å². The molecule has 4 aromatic heterocycles. The zero-order valence-electron chi connectivity index (χ0n) is 30.6. The van der Waals surface area contributed by atoms with E-state index in [0.717, 1.165) is 58.4 Å². The first-order valence-electron chi connectivity index (χ1n) is 16.2. The van der Waals surface area contributed by atoms with Crippen molar-refractivity contribution in [3.05, 3.63) is 145 Å². The number of aromatic nitrogens is 6. The molecule has 2 aliphatic rings. The van der Waals surface area contributed by atoms with Crippen LogP contribution in [0, 0.1) is 53.2 Å². The molecule has 0 radical (unpaired) electrons. The van der Waals surface area contributed by atoms with Gasteiger partial charge in [0.05, 0.1) is 0 Å². The Balaban J connectivity index is 0.000000219. The summed E-state index contributed by atoms with van der Waals surface area (Å²) in [5.74, 6) is 1.34. The smallest absolute Gasteiger partial charge is 0.370 e. The number of hydrogen-bond acceptors (Lipinski definition) is 8. The minimum Gasteiger partial charge on any atom is -0.579 e. The normalized spacial score (nSPS) is 12.8. The van der Waals surface area contributed by atoms with Gasteiger partial charge in [-0.25, -0.2) is 9.97 Å². The molecule has 0 fully saturated rings. The molecule has 0 spiro atoms. The van der Waals surface area contributed by atoms with Crippen LogP contribution in [0.15, 0.2) is 85.2 Å². The molecule has 6 aromatic rings. The molecule has 2 aliphatic heterocycles. The average molecular weight is 1130 g/mol. The van der Waals surface area contributed by atoms with Crippen LogP contribution in [-0.4, -0.2) is 34.3 Å². The van der Waals surface area contributed by atoms with Gasteiger partial charge in [0.1, 0.15) is 11.6 Å². The number of halogens is 6. The topological polar surface area (TPSA) is 92.7 Å². The minimum atomic E-state index is -4.35. The molecule has 8 rings (SSSR count). The summed E-state index contributed by atoms with van der Waals surface area (Å²) < 4.78 is 75.2. The molecular weight excluding hydrogens is 1100 g/mol. The maximum Gasteiger partial charge on any atom is 0.370 e. The summed E-state index contributed by atoms with van der Waals surface area (Å²) >= 11 is 0. The molecule has 0 amide bonds. The molecule has 10 nitrogen and oxygen atoms in total. The fraction of sp³-hybridized carbons (Fsp3) is 0.211. The SMILES string of the molecule is CN1[CH-]N(c2[c-]cc(C(F)(F)F)cc2)c2ncccc21.CN1[CH-]N(c2[c-]cc(C(F)(F)F)cc2)c2ncccc21.Cc1cc(C)[n-]n1.Cc1cc(C)[n-]n1.[Pt].[Pt]. The van der Waals surface area contributed by atoms with Crippen LogP contribution in [0.25, 0.3) is 0 Å². The summed E-state index contributed by atoms with van der Waals surface area (Å²) in [4.78, 5) is 15.6. The minimum absolute atomic E-state index is 0. The molecule has 18 heteroatoms. The number of hydrogen-bond donors (Lipinski definition) is 0. The van der Waals surface area contributed by atoms with Gasteiger partial charge < -0.3 is 40.0 Å². The Kier molecular flexibility index (Phi) is 15.9. The van der Waals surface area contributed by atoms with Crippen molar-refractivity contribution in [1.29, 1.82) is 0 Å². The van der Waals surface area contributed by atoms with E-state index in [0.29, 0.717) is 23.0 Å².